The number of rotatable bonds is 5. The number of pyridine rings is 1. The summed E-state index contributed by atoms with van der Waals surface area (Å²) in [6, 6.07) is 10.0. The van der Waals surface area contributed by atoms with Crippen LogP contribution in [-0.2, 0) is 6.42 Å². The number of anilines is 4. The van der Waals surface area contributed by atoms with Gasteiger partial charge in [-0.1, -0.05) is 19.9 Å². The van der Waals surface area contributed by atoms with Gasteiger partial charge >= 0.3 is 0 Å². The van der Waals surface area contributed by atoms with Crippen molar-refractivity contribution in [3.05, 3.63) is 47.4 Å². The van der Waals surface area contributed by atoms with Crippen LogP contribution in [0.1, 0.15) is 63.1 Å². The maximum Gasteiger partial charge on any atom is 0.248 e. The van der Waals surface area contributed by atoms with Gasteiger partial charge in [-0.05, 0) is 92.8 Å². The van der Waals surface area contributed by atoms with Crippen LogP contribution in [0.2, 0.25) is 0 Å². The van der Waals surface area contributed by atoms with E-state index < -0.39 is 0 Å². The minimum atomic E-state index is -0.236. The molecule has 38 heavy (non-hydrogen) atoms. The number of piperidine rings is 1. The quantitative estimate of drug-likeness (QED) is 0.500. The Balaban J connectivity index is 1.05. The van der Waals surface area contributed by atoms with E-state index in [1.165, 1.54) is 49.7 Å². The summed E-state index contributed by atoms with van der Waals surface area (Å²) in [7, 11) is 0. The fourth-order valence-corrected chi connectivity index (χ4v) is 7.27. The highest BCUT2D eigenvalue weighted by molar-refractivity contribution is 5.61. The molecule has 2 saturated heterocycles. The monoisotopic (exact) mass is 516 g/mol. The lowest BCUT2D eigenvalue weighted by molar-refractivity contribution is 0.0155. The number of hydrogen-bond donors (Lipinski definition) is 2. The number of halogens is 1. The number of nitrogens with two attached hydrogens (primary N) is 1. The molecule has 0 amide bonds. The predicted molar refractivity (Wildman–Crippen MR) is 148 cm³/mol. The summed E-state index contributed by atoms with van der Waals surface area (Å²) in [6.07, 6.45) is 7.10. The molecule has 8 rings (SSSR count). The van der Waals surface area contributed by atoms with Crippen molar-refractivity contribution in [3.63, 3.8) is 0 Å². The summed E-state index contributed by atoms with van der Waals surface area (Å²) >= 11 is 0. The van der Waals surface area contributed by atoms with Gasteiger partial charge in [0.1, 0.15) is 5.82 Å². The van der Waals surface area contributed by atoms with Gasteiger partial charge < -0.3 is 20.9 Å². The first-order valence-electron chi connectivity index (χ1n) is 14.1. The van der Waals surface area contributed by atoms with Crippen molar-refractivity contribution < 1.29 is 4.39 Å². The number of nitrogens with one attached hydrogen (secondary N) is 1. The molecule has 2 aromatic heterocycles. The molecule has 8 nitrogen and oxygen atoms in total. The number of nitrogen functional groups attached to an aromatic ring is 1. The van der Waals surface area contributed by atoms with E-state index in [0.29, 0.717) is 40.5 Å². The van der Waals surface area contributed by atoms with Gasteiger partial charge in [-0.2, -0.15) is 9.67 Å². The van der Waals surface area contributed by atoms with Gasteiger partial charge in [-0.3, -0.25) is 0 Å². The lowest BCUT2D eigenvalue weighted by Gasteiger charge is -2.56. The molecule has 2 bridgehead atoms. The summed E-state index contributed by atoms with van der Waals surface area (Å²) in [4.78, 5) is 14.1. The van der Waals surface area contributed by atoms with Gasteiger partial charge in [0.15, 0.2) is 5.82 Å². The Morgan fingerprint density at radius 3 is 2.55 bits per heavy atom. The van der Waals surface area contributed by atoms with E-state index >= 15 is 4.39 Å². The van der Waals surface area contributed by atoms with Crippen LogP contribution in [0.5, 0.6) is 0 Å². The predicted octanol–water partition coefficient (Wildman–Crippen LogP) is 4.88. The van der Waals surface area contributed by atoms with Crippen LogP contribution in [0, 0.1) is 17.2 Å². The van der Waals surface area contributed by atoms with Crippen LogP contribution in [0.3, 0.4) is 0 Å². The summed E-state index contributed by atoms with van der Waals surface area (Å²) in [5, 5.41) is 7.68. The molecule has 5 aliphatic rings. The lowest BCUT2D eigenvalue weighted by Crippen LogP contribution is -2.48. The summed E-state index contributed by atoms with van der Waals surface area (Å²) in [5.41, 5.74) is 10.3. The molecule has 4 heterocycles. The Morgan fingerprint density at radius 1 is 1.03 bits per heavy atom. The van der Waals surface area contributed by atoms with E-state index in [9.17, 15) is 0 Å². The first-order valence-corrected chi connectivity index (χ1v) is 14.1. The molecule has 0 unspecified atom stereocenters. The summed E-state index contributed by atoms with van der Waals surface area (Å²) in [6.45, 7) is 8.90. The SMILES string of the molecule is CC1(C)[C@H]2Cc3ccc(-n4nc(Nc5ccc(N6CCC(N7CCCC7)CC6)c(F)c5)nc4N)nc3[C@@H]1C2. The van der Waals surface area contributed by atoms with Crippen LogP contribution >= 0.6 is 0 Å². The second-order valence-electron chi connectivity index (χ2n) is 12.2. The standard InChI is InChI=1S/C29H37FN8/c1-29(2)19-15-18-5-8-25(33-26(18)22(29)16-19)38-27(31)34-28(35-38)32-20-6-7-24(23(30)17-20)37-13-9-21(10-14-37)36-11-3-4-12-36/h5-8,17,19,21-22H,3-4,9-16H2,1-2H3,(H3,31,32,34,35)/t19-,22-/m0/s1. The van der Waals surface area contributed by atoms with Crippen molar-refractivity contribution in [2.45, 2.75) is 64.3 Å². The van der Waals surface area contributed by atoms with E-state index in [1.807, 2.05) is 18.2 Å². The normalized spacial score (nSPS) is 24.8. The zero-order chi connectivity index (χ0) is 26.0. The average molecular weight is 517 g/mol. The third kappa shape index (κ3) is 3.94. The molecule has 0 spiro atoms. The summed E-state index contributed by atoms with van der Waals surface area (Å²) in [5.74, 6) is 2.23. The molecule has 0 radical (unpaired) electrons. The molecule has 2 atom stereocenters. The smallest absolute Gasteiger partial charge is 0.248 e. The van der Waals surface area contributed by atoms with Crippen LogP contribution < -0.4 is 16.0 Å². The van der Waals surface area contributed by atoms with Crippen molar-refractivity contribution in [3.8, 4) is 5.82 Å². The number of benzene rings is 1. The number of aromatic nitrogens is 4. The highest BCUT2D eigenvalue weighted by Gasteiger charge is 2.53. The van der Waals surface area contributed by atoms with Crippen molar-refractivity contribution in [2.75, 3.05) is 42.1 Å². The zero-order valence-corrected chi connectivity index (χ0v) is 22.3. The maximum absolute atomic E-state index is 15.2. The van der Waals surface area contributed by atoms with Crippen molar-refractivity contribution in [1.29, 1.82) is 0 Å². The minimum absolute atomic E-state index is 0.236. The van der Waals surface area contributed by atoms with Crippen molar-refractivity contribution in [1.82, 2.24) is 24.6 Å². The second-order valence-corrected chi connectivity index (χ2v) is 12.2. The molecule has 3 fully saturated rings. The molecule has 3 N–H and O–H groups in total. The van der Waals surface area contributed by atoms with Gasteiger partial charge in [0.2, 0.25) is 11.9 Å². The van der Waals surface area contributed by atoms with Crippen molar-refractivity contribution >= 4 is 23.3 Å². The third-order valence-electron chi connectivity index (χ3n) is 9.78. The number of hydrogen-bond acceptors (Lipinski definition) is 7. The molecular weight excluding hydrogens is 479 g/mol. The maximum atomic E-state index is 15.2. The molecule has 9 heteroatoms. The van der Waals surface area contributed by atoms with E-state index in [-0.39, 0.29) is 11.8 Å². The van der Waals surface area contributed by atoms with Gasteiger partial charge in [-0.15, -0.1) is 5.10 Å². The van der Waals surface area contributed by atoms with E-state index in [4.69, 9.17) is 10.7 Å². The van der Waals surface area contributed by atoms with E-state index in [0.717, 1.165) is 38.3 Å². The van der Waals surface area contributed by atoms with Crippen molar-refractivity contribution in [2.24, 2.45) is 11.3 Å². The zero-order valence-electron chi connectivity index (χ0n) is 22.3. The highest BCUT2D eigenvalue weighted by atomic mass is 19.1. The first-order chi connectivity index (χ1) is 18.4. The van der Waals surface area contributed by atoms with E-state index in [1.54, 1.807) is 4.68 Å². The Kier molecular flexibility index (Phi) is 5.61. The van der Waals surface area contributed by atoms with Gasteiger partial charge in [0.25, 0.3) is 0 Å². The number of nitrogens with zero attached hydrogens (tertiary/aromatic N) is 6. The fraction of sp³-hybridized carbons (Fsp3) is 0.552. The number of likely N-dealkylation sites (tertiary alicyclic amines) is 1. The topological polar surface area (TPSA) is 88.1 Å². The second kappa shape index (κ2) is 8.93. The molecular formula is C29H37FN8. The van der Waals surface area contributed by atoms with Crippen LogP contribution in [-0.4, -0.2) is 56.9 Å². The van der Waals surface area contributed by atoms with Gasteiger partial charge in [-0.25, -0.2) is 9.37 Å². The van der Waals surface area contributed by atoms with Crippen LogP contribution in [0.4, 0.5) is 27.7 Å². The van der Waals surface area contributed by atoms with Gasteiger partial charge in [0.05, 0.1) is 5.69 Å². The largest absolute Gasteiger partial charge is 0.369 e. The molecule has 1 saturated carbocycles. The lowest BCUT2D eigenvalue weighted by atomic mass is 9.48. The average Bonchev–Trinajstić information content (AvgIpc) is 3.58. The highest BCUT2D eigenvalue weighted by Crippen LogP contribution is 2.61. The fourth-order valence-electron chi connectivity index (χ4n) is 7.27. The summed E-state index contributed by atoms with van der Waals surface area (Å²) < 4.78 is 16.7. The Morgan fingerprint density at radius 2 is 1.82 bits per heavy atom. The van der Waals surface area contributed by atoms with Gasteiger partial charge in [0, 0.05) is 36.4 Å². The molecule has 1 aromatic carbocycles. The van der Waals surface area contributed by atoms with Crippen LogP contribution in [0.25, 0.3) is 5.82 Å². The third-order valence-corrected chi connectivity index (χ3v) is 9.78. The molecule has 200 valence electrons. The Hall–Kier alpha value is -3.20. The Bertz CT molecular complexity index is 1350. The van der Waals surface area contributed by atoms with E-state index in [2.05, 4.69) is 45.1 Å². The molecule has 2 aliphatic heterocycles. The van der Waals surface area contributed by atoms with Crippen LogP contribution in [0.15, 0.2) is 30.3 Å². The first kappa shape index (κ1) is 23.9. The Labute approximate surface area is 223 Å². The minimum Gasteiger partial charge on any atom is -0.369 e. The molecule has 3 aliphatic carbocycles. The molecule has 3 aromatic rings.